The summed E-state index contributed by atoms with van der Waals surface area (Å²) in [6.45, 7) is 6.02. The molecule has 10 nitrogen and oxygen atoms in total. The van der Waals surface area contributed by atoms with E-state index in [4.69, 9.17) is 14.2 Å². The van der Waals surface area contributed by atoms with Crippen LogP contribution >= 0.6 is 0 Å². The van der Waals surface area contributed by atoms with E-state index in [1.54, 1.807) is 4.90 Å². The lowest BCUT2D eigenvalue weighted by atomic mass is 10.0. The number of benzene rings is 2. The number of urea groups is 1. The van der Waals surface area contributed by atoms with E-state index in [-0.39, 0.29) is 18.7 Å². The van der Waals surface area contributed by atoms with Crippen LogP contribution in [0.4, 0.5) is 9.59 Å². The second kappa shape index (κ2) is 16.2. The van der Waals surface area contributed by atoms with Crippen molar-refractivity contribution in [3.05, 3.63) is 71.8 Å². The lowest BCUT2D eigenvalue weighted by Gasteiger charge is -2.31. The van der Waals surface area contributed by atoms with E-state index >= 15 is 0 Å². The fraction of sp³-hybridized carbons (Fsp3) is 0.533. The summed E-state index contributed by atoms with van der Waals surface area (Å²) in [5.74, 6) is 0. The van der Waals surface area contributed by atoms with Crippen molar-refractivity contribution in [1.29, 1.82) is 0 Å². The number of nitrogens with zero attached hydrogens (tertiary/aromatic N) is 2. The molecule has 2 aliphatic rings. The van der Waals surface area contributed by atoms with E-state index in [0.717, 1.165) is 50.4 Å². The highest BCUT2D eigenvalue weighted by Gasteiger charge is 2.28. The Morgan fingerprint density at radius 1 is 1.00 bits per heavy atom. The molecule has 2 fully saturated rings. The van der Waals surface area contributed by atoms with Crippen molar-refractivity contribution in [2.24, 2.45) is 0 Å². The zero-order valence-electron chi connectivity index (χ0n) is 23.1. The van der Waals surface area contributed by atoms with E-state index in [1.165, 1.54) is 0 Å². The second-order valence-electron chi connectivity index (χ2n) is 10.3. The van der Waals surface area contributed by atoms with Gasteiger partial charge in [-0.15, -0.1) is 0 Å². The fourth-order valence-electron chi connectivity index (χ4n) is 4.90. The number of hydrogen-bond acceptors (Lipinski definition) is 7. The van der Waals surface area contributed by atoms with Gasteiger partial charge in [-0.25, -0.2) is 9.59 Å². The van der Waals surface area contributed by atoms with Crippen LogP contribution in [-0.2, 0) is 27.2 Å². The Bertz CT molecular complexity index is 1020. The molecule has 10 heteroatoms. The van der Waals surface area contributed by atoms with Crippen LogP contribution in [0, 0.1) is 0 Å². The average molecular weight is 555 g/mol. The Morgan fingerprint density at radius 2 is 1.70 bits per heavy atom. The number of carbonyl (C=O) groups is 2. The van der Waals surface area contributed by atoms with Crippen molar-refractivity contribution in [2.75, 3.05) is 59.2 Å². The summed E-state index contributed by atoms with van der Waals surface area (Å²) >= 11 is 0. The molecular formula is C30H42N4O6. The normalized spacial score (nSPS) is 19.0. The molecule has 3 amide bonds. The Balaban J connectivity index is 1.38. The van der Waals surface area contributed by atoms with Gasteiger partial charge in [-0.05, 0) is 30.5 Å². The summed E-state index contributed by atoms with van der Waals surface area (Å²) in [5.41, 5.74) is 1.91. The SMILES string of the molecule is O=C(N[C@@H](Cc1ccccc1)[C@H](O)CN(Cc1ccccc1)C(=O)NCCCN1CCOCC1)O[C@H]1CCOC1. The van der Waals surface area contributed by atoms with Gasteiger partial charge in [-0.1, -0.05) is 60.7 Å². The number of amides is 3. The summed E-state index contributed by atoms with van der Waals surface area (Å²) in [5, 5.41) is 17.2. The molecule has 2 aromatic rings. The van der Waals surface area contributed by atoms with Crippen LogP contribution in [0.5, 0.6) is 0 Å². The highest BCUT2D eigenvalue weighted by Crippen LogP contribution is 2.13. The van der Waals surface area contributed by atoms with E-state index in [1.807, 2.05) is 60.7 Å². The maximum Gasteiger partial charge on any atom is 0.407 e. The molecule has 0 aliphatic carbocycles. The predicted octanol–water partition coefficient (Wildman–Crippen LogP) is 2.41. The first-order valence-corrected chi connectivity index (χ1v) is 14.2. The lowest BCUT2D eigenvalue weighted by molar-refractivity contribution is 0.0374. The van der Waals surface area contributed by atoms with E-state index in [0.29, 0.717) is 39.1 Å². The smallest absolute Gasteiger partial charge is 0.407 e. The maximum atomic E-state index is 13.3. The molecule has 0 saturated carbocycles. The number of morpholine rings is 1. The molecule has 4 rings (SSSR count). The number of ether oxygens (including phenoxy) is 3. The summed E-state index contributed by atoms with van der Waals surface area (Å²) in [7, 11) is 0. The third-order valence-corrected chi connectivity index (χ3v) is 7.17. The van der Waals surface area contributed by atoms with Gasteiger partial charge >= 0.3 is 12.1 Å². The first-order chi connectivity index (χ1) is 19.6. The maximum absolute atomic E-state index is 13.3. The van der Waals surface area contributed by atoms with Gasteiger partial charge in [0, 0.05) is 32.6 Å². The molecule has 3 atom stereocenters. The standard InChI is InChI=1S/C30H42N4O6/c35-28(27(20-24-8-3-1-4-9-24)32-30(37)40-26-12-17-39-23-26)22-34(21-25-10-5-2-6-11-25)29(36)31-13-7-14-33-15-18-38-19-16-33/h1-6,8-11,26-28,35H,7,12-23H2,(H,31,36)(H,32,37)/t26-,27-,28+/m0/s1. The summed E-state index contributed by atoms with van der Waals surface area (Å²) < 4.78 is 16.2. The number of aliphatic hydroxyl groups excluding tert-OH is 1. The topological polar surface area (TPSA) is 113 Å². The molecule has 40 heavy (non-hydrogen) atoms. The van der Waals surface area contributed by atoms with E-state index in [9.17, 15) is 14.7 Å². The van der Waals surface area contributed by atoms with Gasteiger partial charge in [0.1, 0.15) is 6.10 Å². The molecule has 2 aliphatic heterocycles. The lowest BCUT2D eigenvalue weighted by Crippen LogP contribution is -2.52. The highest BCUT2D eigenvalue weighted by atomic mass is 16.6. The van der Waals surface area contributed by atoms with Gasteiger partial charge in [0.2, 0.25) is 0 Å². The fourth-order valence-corrected chi connectivity index (χ4v) is 4.90. The highest BCUT2D eigenvalue weighted by molar-refractivity contribution is 5.74. The van der Waals surface area contributed by atoms with Crippen molar-refractivity contribution in [1.82, 2.24) is 20.4 Å². The van der Waals surface area contributed by atoms with Crippen LogP contribution in [0.2, 0.25) is 0 Å². The molecule has 2 heterocycles. The first-order valence-electron chi connectivity index (χ1n) is 14.2. The minimum absolute atomic E-state index is 0.0362. The van der Waals surface area contributed by atoms with E-state index in [2.05, 4.69) is 15.5 Å². The Kier molecular flexibility index (Phi) is 12.0. The summed E-state index contributed by atoms with van der Waals surface area (Å²) in [6.07, 6.45) is -0.0722. The second-order valence-corrected chi connectivity index (χ2v) is 10.3. The Morgan fingerprint density at radius 3 is 2.38 bits per heavy atom. The van der Waals surface area contributed by atoms with Crippen LogP contribution in [0.25, 0.3) is 0 Å². The number of nitrogens with one attached hydrogen (secondary N) is 2. The Hall–Kier alpha value is -3.18. The zero-order valence-corrected chi connectivity index (χ0v) is 23.1. The number of rotatable bonds is 13. The molecule has 2 saturated heterocycles. The van der Waals surface area contributed by atoms with Crippen molar-refractivity contribution in [2.45, 2.75) is 44.1 Å². The van der Waals surface area contributed by atoms with Crippen molar-refractivity contribution in [3.63, 3.8) is 0 Å². The average Bonchev–Trinajstić information content (AvgIpc) is 3.49. The van der Waals surface area contributed by atoms with Gasteiger partial charge in [0.25, 0.3) is 0 Å². The molecule has 2 aromatic carbocycles. The van der Waals surface area contributed by atoms with Gasteiger partial charge in [0.15, 0.2) is 0 Å². The van der Waals surface area contributed by atoms with Gasteiger partial charge in [0.05, 0.1) is 45.1 Å². The van der Waals surface area contributed by atoms with Crippen LogP contribution in [0.15, 0.2) is 60.7 Å². The summed E-state index contributed by atoms with van der Waals surface area (Å²) in [4.78, 5) is 30.0. The molecule has 0 unspecified atom stereocenters. The zero-order chi connectivity index (χ0) is 28.0. The van der Waals surface area contributed by atoms with Crippen LogP contribution in [-0.4, -0.2) is 104 Å². The number of carbonyl (C=O) groups excluding carboxylic acids is 2. The van der Waals surface area contributed by atoms with Crippen molar-refractivity contribution in [3.8, 4) is 0 Å². The molecular weight excluding hydrogens is 512 g/mol. The summed E-state index contributed by atoms with van der Waals surface area (Å²) in [6, 6.07) is 18.4. The number of aliphatic hydroxyl groups is 1. The number of alkyl carbamates (subject to hydrolysis) is 1. The predicted molar refractivity (Wildman–Crippen MR) is 151 cm³/mol. The quantitative estimate of drug-likeness (QED) is 0.326. The molecule has 0 bridgehead atoms. The molecule has 3 N–H and O–H groups in total. The van der Waals surface area contributed by atoms with Gasteiger partial charge in [-0.2, -0.15) is 0 Å². The van der Waals surface area contributed by atoms with Crippen molar-refractivity contribution >= 4 is 12.1 Å². The Labute approximate surface area is 236 Å². The molecule has 0 aromatic heterocycles. The molecule has 0 spiro atoms. The molecule has 218 valence electrons. The largest absolute Gasteiger partial charge is 0.444 e. The molecule has 0 radical (unpaired) electrons. The van der Waals surface area contributed by atoms with E-state index < -0.39 is 18.2 Å². The van der Waals surface area contributed by atoms with Crippen LogP contribution in [0.1, 0.15) is 24.0 Å². The van der Waals surface area contributed by atoms with Gasteiger partial charge in [-0.3, -0.25) is 4.90 Å². The minimum atomic E-state index is -1.03. The van der Waals surface area contributed by atoms with Gasteiger partial charge < -0.3 is 34.9 Å². The third-order valence-electron chi connectivity index (χ3n) is 7.17. The first kappa shape index (κ1) is 29.8. The van der Waals surface area contributed by atoms with Crippen LogP contribution < -0.4 is 10.6 Å². The van der Waals surface area contributed by atoms with Crippen molar-refractivity contribution < 1.29 is 28.9 Å². The number of hydrogen-bond donors (Lipinski definition) is 3. The minimum Gasteiger partial charge on any atom is -0.444 e. The monoisotopic (exact) mass is 554 g/mol. The van der Waals surface area contributed by atoms with Crippen LogP contribution in [0.3, 0.4) is 0 Å². The third kappa shape index (κ3) is 10.1.